The molecule has 2 aliphatic heterocycles. The van der Waals surface area contributed by atoms with Crippen LogP contribution in [-0.2, 0) is 13.2 Å². The van der Waals surface area contributed by atoms with Gasteiger partial charge in [0.2, 0.25) is 0 Å². The largest absolute Gasteiger partial charge is 0.417 e. The number of hydrogen-bond acceptors (Lipinski definition) is 5. The summed E-state index contributed by atoms with van der Waals surface area (Å²) < 4.78 is 58.2. The van der Waals surface area contributed by atoms with E-state index in [-0.39, 0.29) is 23.3 Å². The van der Waals surface area contributed by atoms with Crippen molar-refractivity contribution in [1.29, 1.82) is 0 Å². The summed E-state index contributed by atoms with van der Waals surface area (Å²) in [5.74, 6) is -1.55. The molecule has 3 aromatic rings. The van der Waals surface area contributed by atoms with E-state index in [2.05, 4.69) is 15.1 Å². The molecular formula is C31H35F4N5O2. The van der Waals surface area contributed by atoms with Gasteiger partial charge in [-0.2, -0.15) is 13.2 Å². The fraction of sp³-hybridized carbons (Fsp3) is 0.419. The molecule has 224 valence electrons. The Kier molecular flexibility index (Phi) is 8.06. The van der Waals surface area contributed by atoms with E-state index in [0.717, 1.165) is 42.4 Å². The van der Waals surface area contributed by atoms with Crippen molar-refractivity contribution in [3.8, 4) is 11.1 Å². The summed E-state index contributed by atoms with van der Waals surface area (Å²) in [6.07, 6.45) is -1.80. The third-order valence-electron chi connectivity index (χ3n) is 8.46. The van der Waals surface area contributed by atoms with Crippen LogP contribution in [0.25, 0.3) is 11.1 Å². The monoisotopic (exact) mass is 585 g/mol. The summed E-state index contributed by atoms with van der Waals surface area (Å²) in [4.78, 5) is 31.8. The van der Waals surface area contributed by atoms with Gasteiger partial charge in [0.15, 0.2) is 0 Å². The number of rotatable bonds is 5. The molecule has 0 saturated carbocycles. The van der Waals surface area contributed by atoms with Gasteiger partial charge in [-0.05, 0) is 63.6 Å². The maximum Gasteiger partial charge on any atom is 0.417 e. The highest BCUT2D eigenvalue weighted by atomic mass is 19.4. The number of piperazine rings is 1. The molecule has 11 heteroatoms. The van der Waals surface area contributed by atoms with Gasteiger partial charge in [0.05, 0.1) is 22.5 Å². The van der Waals surface area contributed by atoms with E-state index in [1.165, 1.54) is 19.2 Å². The van der Waals surface area contributed by atoms with Crippen molar-refractivity contribution >= 4 is 23.0 Å². The summed E-state index contributed by atoms with van der Waals surface area (Å²) in [7, 11) is 3.28. The lowest BCUT2D eigenvalue weighted by molar-refractivity contribution is -0.138. The summed E-state index contributed by atoms with van der Waals surface area (Å²) in [5.41, 5.74) is -0.514. The van der Waals surface area contributed by atoms with Gasteiger partial charge in [-0.15, -0.1) is 0 Å². The van der Waals surface area contributed by atoms with Crippen LogP contribution in [0.4, 0.5) is 34.6 Å². The van der Waals surface area contributed by atoms with Crippen LogP contribution >= 0.6 is 0 Å². The summed E-state index contributed by atoms with van der Waals surface area (Å²) >= 11 is 0. The van der Waals surface area contributed by atoms with Crippen molar-refractivity contribution in [2.45, 2.75) is 44.9 Å². The van der Waals surface area contributed by atoms with Crippen molar-refractivity contribution in [3.63, 3.8) is 0 Å². The molecule has 2 atom stereocenters. The molecule has 2 aromatic carbocycles. The van der Waals surface area contributed by atoms with Crippen molar-refractivity contribution in [2.24, 2.45) is 7.05 Å². The third kappa shape index (κ3) is 5.88. The second-order valence-corrected chi connectivity index (χ2v) is 11.4. The SMILES string of the molecule is CC1CN(c2cc(F)c(-c3ccc(N4CCCC4)cc3)cc2NC(=O)c2cn(C)c(=O)cc2C(F)(F)F)CC(C)N1C. The second kappa shape index (κ2) is 11.4. The average molecular weight is 586 g/mol. The van der Waals surface area contributed by atoms with Crippen LogP contribution in [0.15, 0.2) is 53.5 Å². The molecule has 1 aromatic heterocycles. The second-order valence-electron chi connectivity index (χ2n) is 11.4. The quantitative estimate of drug-likeness (QED) is 0.396. The third-order valence-corrected chi connectivity index (χ3v) is 8.46. The summed E-state index contributed by atoms with van der Waals surface area (Å²) in [5, 5.41) is 2.63. The van der Waals surface area contributed by atoms with Crippen molar-refractivity contribution < 1.29 is 22.4 Å². The normalized spacial score (nSPS) is 19.8. The number of hydrogen-bond donors (Lipinski definition) is 1. The molecule has 2 unspecified atom stereocenters. The van der Waals surface area contributed by atoms with Crippen LogP contribution in [0.2, 0.25) is 0 Å². The number of carbonyl (C=O) groups is 1. The molecule has 0 aliphatic carbocycles. The topological polar surface area (TPSA) is 60.8 Å². The van der Waals surface area contributed by atoms with E-state index < -0.39 is 34.6 Å². The molecule has 2 saturated heterocycles. The van der Waals surface area contributed by atoms with Gasteiger partial charge < -0.3 is 19.7 Å². The number of nitrogens with one attached hydrogen (secondary N) is 1. The Bertz CT molecular complexity index is 1520. The highest BCUT2D eigenvalue weighted by Gasteiger charge is 2.37. The first-order valence-corrected chi connectivity index (χ1v) is 14.1. The fourth-order valence-electron chi connectivity index (χ4n) is 5.81. The smallest absolute Gasteiger partial charge is 0.372 e. The maximum atomic E-state index is 15.8. The van der Waals surface area contributed by atoms with E-state index in [1.807, 2.05) is 50.1 Å². The molecule has 0 bridgehead atoms. The Labute approximate surface area is 242 Å². The first-order chi connectivity index (χ1) is 19.8. The van der Waals surface area contributed by atoms with Crippen LogP contribution < -0.4 is 20.7 Å². The zero-order valence-electron chi connectivity index (χ0n) is 24.1. The molecular weight excluding hydrogens is 550 g/mol. The van der Waals surface area contributed by atoms with E-state index in [4.69, 9.17) is 0 Å². The first-order valence-electron chi connectivity index (χ1n) is 14.1. The van der Waals surface area contributed by atoms with Crippen LogP contribution in [-0.4, -0.2) is 60.7 Å². The summed E-state index contributed by atoms with van der Waals surface area (Å²) in [6, 6.07) is 10.9. The van der Waals surface area contributed by atoms with Gasteiger partial charge in [-0.3, -0.25) is 14.5 Å². The van der Waals surface area contributed by atoms with Gasteiger partial charge in [0, 0.05) is 68.8 Å². The zero-order chi connectivity index (χ0) is 30.3. The van der Waals surface area contributed by atoms with Crippen molar-refractivity contribution in [2.75, 3.05) is 48.3 Å². The average Bonchev–Trinajstić information content (AvgIpc) is 3.48. The Morgan fingerprint density at radius 3 is 2.14 bits per heavy atom. The Balaban J connectivity index is 1.57. The number of nitrogens with zero attached hydrogens (tertiary/aromatic N) is 4. The molecule has 1 N–H and O–H groups in total. The molecule has 2 fully saturated rings. The number of likely N-dealkylation sites (N-methyl/N-ethyl adjacent to an activating group) is 1. The van der Waals surface area contributed by atoms with E-state index >= 15 is 4.39 Å². The molecule has 42 heavy (non-hydrogen) atoms. The first kappa shape index (κ1) is 29.6. The number of halogens is 4. The number of anilines is 3. The lowest BCUT2D eigenvalue weighted by atomic mass is 10.0. The number of amides is 1. The van der Waals surface area contributed by atoms with Crippen molar-refractivity contribution in [3.05, 3.63) is 76.0 Å². The number of pyridine rings is 1. The number of aryl methyl sites for hydroxylation is 1. The Morgan fingerprint density at radius 1 is 0.929 bits per heavy atom. The predicted molar refractivity (Wildman–Crippen MR) is 157 cm³/mol. The van der Waals surface area contributed by atoms with Gasteiger partial charge in [0.1, 0.15) is 5.82 Å². The van der Waals surface area contributed by atoms with Crippen LogP contribution in [0.5, 0.6) is 0 Å². The molecule has 1 amide bonds. The number of benzene rings is 2. The van der Waals surface area contributed by atoms with Crippen molar-refractivity contribution in [1.82, 2.24) is 9.47 Å². The minimum atomic E-state index is -4.92. The number of alkyl halides is 3. The minimum absolute atomic E-state index is 0.110. The highest BCUT2D eigenvalue weighted by molar-refractivity contribution is 6.07. The predicted octanol–water partition coefficient (Wildman–Crippen LogP) is 5.59. The van der Waals surface area contributed by atoms with Crippen LogP contribution in [0.3, 0.4) is 0 Å². The number of aromatic nitrogens is 1. The lowest BCUT2D eigenvalue weighted by Crippen LogP contribution is -2.55. The van der Waals surface area contributed by atoms with E-state index in [1.54, 1.807) is 0 Å². The molecule has 7 nitrogen and oxygen atoms in total. The van der Waals surface area contributed by atoms with Crippen LogP contribution in [0, 0.1) is 5.82 Å². The van der Waals surface area contributed by atoms with E-state index in [9.17, 15) is 22.8 Å². The molecule has 0 spiro atoms. The number of carbonyl (C=O) groups excluding carboxylic acids is 1. The maximum absolute atomic E-state index is 15.8. The van der Waals surface area contributed by atoms with Gasteiger partial charge >= 0.3 is 6.18 Å². The molecule has 3 heterocycles. The standard InChI is InChI=1S/C31H35F4N5O2/c1-19-16-40(17-20(2)38(19)4)28-15-26(32)23(21-7-9-22(10-8-21)39-11-5-6-12-39)13-27(28)36-30(42)24-18-37(3)29(41)14-25(24)31(33,34)35/h7-10,13-15,18-20H,5-6,11-12,16-17H2,1-4H3,(H,36,42). The Hall–Kier alpha value is -3.86. The minimum Gasteiger partial charge on any atom is -0.372 e. The summed E-state index contributed by atoms with van der Waals surface area (Å²) in [6.45, 7) is 7.06. The van der Waals surface area contributed by atoms with Crippen LogP contribution in [0.1, 0.15) is 42.6 Å². The molecule has 2 aliphatic rings. The Morgan fingerprint density at radius 2 is 1.55 bits per heavy atom. The highest BCUT2D eigenvalue weighted by Crippen LogP contribution is 2.38. The van der Waals surface area contributed by atoms with Gasteiger partial charge in [-0.1, -0.05) is 12.1 Å². The van der Waals surface area contributed by atoms with Gasteiger partial charge in [0.25, 0.3) is 11.5 Å². The van der Waals surface area contributed by atoms with E-state index in [0.29, 0.717) is 30.4 Å². The van der Waals surface area contributed by atoms with Gasteiger partial charge in [-0.25, -0.2) is 4.39 Å². The molecule has 0 radical (unpaired) electrons. The fourth-order valence-corrected chi connectivity index (χ4v) is 5.81. The zero-order valence-corrected chi connectivity index (χ0v) is 24.1. The molecule has 5 rings (SSSR count). The lowest BCUT2D eigenvalue weighted by Gasteiger charge is -2.44.